The molecule has 7 nitrogen and oxygen atoms in total. The lowest BCUT2D eigenvalue weighted by Crippen LogP contribution is -2.53. The average Bonchev–Trinajstić information content (AvgIpc) is 2.93. The van der Waals surface area contributed by atoms with Crippen molar-refractivity contribution in [2.75, 3.05) is 26.8 Å². The molecule has 1 aliphatic heterocycles. The molecule has 0 aliphatic carbocycles. The van der Waals surface area contributed by atoms with Crippen LogP contribution in [0.5, 0.6) is 0 Å². The molecule has 0 radical (unpaired) electrons. The third-order valence-electron chi connectivity index (χ3n) is 4.00. The summed E-state index contributed by atoms with van der Waals surface area (Å²) < 4.78 is 5.24. The highest BCUT2D eigenvalue weighted by Gasteiger charge is 2.33. The number of methoxy groups -OCH3 is 1. The predicted octanol–water partition coefficient (Wildman–Crippen LogP) is 1.82. The molecule has 1 aliphatic rings. The van der Waals surface area contributed by atoms with Gasteiger partial charge in [0.15, 0.2) is 0 Å². The van der Waals surface area contributed by atoms with Crippen LogP contribution in [-0.2, 0) is 4.74 Å². The first-order valence-corrected chi connectivity index (χ1v) is 7.25. The summed E-state index contributed by atoms with van der Waals surface area (Å²) in [6.07, 6.45) is 2.00. The van der Waals surface area contributed by atoms with E-state index in [1.165, 1.54) is 12.1 Å². The monoisotopic (exact) mass is 343 g/mol. The lowest BCUT2D eigenvalue weighted by Gasteiger charge is -2.29. The molecule has 23 heavy (non-hydrogen) atoms. The molecule has 1 amide bonds. The summed E-state index contributed by atoms with van der Waals surface area (Å²) in [7, 11) is 1.64. The molecular formula is C15H22ClN3O4. The van der Waals surface area contributed by atoms with Gasteiger partial charge in [-0.05, 0) is 38.4 Å². The summed E-state index contributed by atoms with van der Waals surface area (Å²) in [5, 5.41) is 17.1. The van der Waals surface area contributed by atoms with Gasteiger partial charge in [0.1, 0.15) is 0 Å². The molecule has 0 bridgehead atoms. The molecule has 1 fully saturated rings. The molecule has 0 spiro atoms. The van der Waals surface area contributed by atoms with Gasteiger partial charge in [0.05, 0.1) is 17.1 Å². The van der Waals surface area contributed by atoms with Gasteiger partial charge < -0.3 is 15.4 Å². The minimum atomic E-state index is -0.451. The molecule has 128 valence electrons. The fourth-order valence-corrected chi connectivity index (χ4v) is 2.82. The molecule has 0 aromatic heterocycles. The van der Waals surface area contributed by atoms with Gasteiger partial charge in [0.2, 0.25) is 0 Å². The highest BCUT2D eigenvalue weighted by molar-refractivity contribution is 5.94. The van der Waals surface area contributed by atoms with Crippen LogP contribution >= 0.6 is 12.4 Å². The summed E-state index contributed by atoms with van der Waals surface area (Å²) in [4.78, 5) is 22.6. The molecule has 1 heterocycles. The van der Waals surface area contributed by atoms with Crippen molar-refractivity contribution >= 4 is 24.0 Å². The molecule has 1 saturated heterocycles. The van der Waals surface area contributed by atoms with E-state index >= 15 is 0 Å². The number of amides is 1. The summed E-state index contributed by atoms with van der Waals surface area (Å²) in [6.45, 7) is 3.54. The lowest BCUT2D eigenvalue weighted by molar-refractivity contribution is -0.385. The maximum absolute atomic E-state index is 12.2. The number of nitrogens with zero attached hydrogens (tertiary/aromatic N) is 1. The van der Waals surface area contributed by atoms with Crippen LogP contribution in [0.25, 0.3) is 0 Å². The van der Waals surface area contributed by atoms with Gasteiger partial charge in [0, 0.05) is 30.8 Å². The minimum absolute atomic E-state index is 0. The van der Waals surface area contributed by atoms with Crippen molar-refractivity contribution in [2.24, 2.45) is 0 Å². The Morgan fingerprint density at radius 3 is 2.78 bits per heavy atom. The van der Waals surface area contributed by atoms with Gasteiger partial charge in [-0.1, -0.05) is 0 Å². The zero-order chi connectivity index (χ0) is 16.2. The standard InChI is InChI=1S/C15H21N3O4.ClH/c1-11-8-12(4-5-13(11)18(20)21)14(19)16-9-15(10-22-2)6-3-7-17-15;/h4-5,8,17H,3,6-7,9-10H2,1-2H3,(H,16,19);1H. The topological polar surface area (TPSA) is 93.5 Å². The van der Waals surface area contributed by atoms with E-state index in [0.29, 0.717) is 24.3 Å². The van der Waals surface area contributed by atoms with Crippen molar-refractivity contribution in [1.29, 1.82) is 0 Å². The zero-order valence-electron chi connectivity index (χ0n) is 13.3. The Bertz CT molecular complexity index is 574. The fourth-order valence-electron chi connectivity index (χ4n) is 2.82. The quantitative estimate of drug-likeness (QED) is 0.607. The summed E-state index contributed by atoms with van der Waals surface area (Å²) in [6, 6.07) is 4.38. The fraction of sp³-hybridized carbons (Fsp3) is 0.533. The van der Waals surface area contributed by atoms with Crippen LogP contribution in [-0.4, -0.2) is 43.2 Å². The van der Waals surface area contributed by atoms with E-state index in [-0.39, 0.29) is 29.5 Å². The van der Waals surface area contributed by atoms with Gasteiger partial charge in [-0.25, -0.2) is 0 Å². The number of halogens is 1. The Kier molecular flexibility index (Phi) is 6.93. The number of carbonyl (C=O) groups excluding carboxylic acids is 1. The van der Waals surface area contributed by atoms with Crippen molar-refractivity contribution < 1.29 is 14.5 Å². The molecular weight excluding hydrogens is 322 g/mol. The number of benzene rings is 1. The number of nitro benzene ring substituents is 1. The largest absolute Gasteiger partial charge is 0.383 e. The predicted molar refractivity (Wildman–Crippen MR) is 89.3 cm³/mol. The van der Waals surface area contributed by atoms with E-state index in [2.05, 4.69) is 10.6 Å². The summed E-state index contributed by atoms with van der Waals surface area (Å²) >= 11 is 0. The minimum Gasteiger partial charge on any atom is -0.383 e. The molecule has 2 N–H and O–H groups in total. The van der Waals surface area contributed by atoms with E-state index in [0.717, 1.165) is 19.4 Å². The Morgan fingerprint density at radius 1 is 1.52 bits per heavy atom. The Morgan fingerprint density at radius 2 is 2.26 bits per heavy atom. The number of ether oxygens (including phenoxy) is 1. The number of carbonyl (C=O) groups is 1. The molecule has 2 rings (SSSR count). The van der Waals surface area contributed by atoms with Gasteiger partial charge in [-0.3, -0.25) is 14.9 Å². The first-order chi connectivity index (χ1) is 10.5. The number of nitrogens with one attached hydrogen (secondary N) is 2. The normalized spacial score (nSPS) is 19.9. The molecule has 1 atom stereocenters. The smallest absolute Gasteiger partial charge is 0.272 e. The maximum atomic E-state index is 12.2. The Labute approximate surface area is 141 Å². The van der Waals surface area contributed by atoms with Crippen LogP contribution in [0.4, 0.5) is 5.69 Å². The second-order valence-corrected chi connectivity index (χ2v) is 5.68. The molecule has 1 aromatic rings. The Balaban J connectivity index is 0.00000264. The van der Waals surface area contributed by atoms with Crippen molar-refractivity contribution in [1.82, 2.24) is 10.6 Å². The highest BCUT2D eigenvalue weighted by atomic mass is 35.5. The third kappa shape index (κ3) is 4.63. The molecule has 0 saturated carbocycles. The van der Waals surface area contributed by atoms with Gasteiger partial charge in [-0.2, -0.15) is 0 Å². The first-order valence-electron chi connectivity index (χ1n) is 7.25. The van der Waals surface area contributed by atoms with E-state index in [4.69, 9.17) is 4.74 Å². The lowest BCUT2D eigenvalue weighted by atomic mass is 9.98. The number of aryl methyl sites for hydroxylation is 1. The van der Waals surface area contributed by atoms with E-state index in [1.54, 1.807) is 20.1 Å². The number of hydrogen-bond donors (Lipinski definition) is 2. The molecule has 1 aromatic carbocycles. The maximum Gasteiger partial charge on any atom is 0.272 e. The van der Waals surface area contributed by atoms with Crippen molar-refractivity contribution in [3.63, 3.8) is 0 Å². The average molecular weight is 344 g/mol. The van der Waals surface area contributed by atoms with Crippen LogP contribution in [0.1, 0.15) is 28.8 Å². The Hall–Kier alpha value is -1.70. The van der Waals surface area contributed by atoms with E-state index in [1.807, 2.05) is 0 Å². The first kappa shape index (κ1) is 19.3. The summed E-state index contributed by atoms with van der Waals surface area (Å²) in [5.41, 5.74) is 0.696. The van der Waals surface area contributed by atoms with Gasteiger partial charge in [-0.15, -0.1) is 12.4 Å². The number of hydrogen-bond acceptors (Lipinski definition) is 5. The second-order valence-electron chi connectivity index (χ2n) is 5.68. The van der Waals surface area contributed by atoms with E-state index < -0.39 is 4.92 Å². The highest BCUT2D eigenvalue weighted by Crippen LogP contribution is 2.20. The van der Waals surface area contributed by atoms with Crippen molar-refractivity contribution in [3.8, 4) is 0 Å². The van der Waals surface area contributed by atoms with Crippen LogP contribution in [0.2, 0.25) is 0 Å². The van der Waals surface area contributed by atoms with Gasteiger partial charge >= 0.3 is 0 Å². The molecule has 8 heteroatoms. The van der Waals surface area contributed by atoms with Crippen LogP contribution in [0.15, 0.2) is 18.2 Å². The third-order valence-corrected chi connectivity index (χ3v) is 4.00. The summed E-state index contributed by atoms with van der Waals surface area (Å²) in [5.74, 6) is -0.234. The number of rotatable bonds is 6. The van der Waals surface area contributed by atoms with Crippen LogP contribution in [0.3, 0.4) is 0 Å². The second kappa shape index (κ2) is 8.24. The van der Waals surface area contributed by atoms with Crippen LogP contribution in [0, 0.1) is 17.0 Å². The molecule has 1 unspecified atom stereocenters. The van der Waals surface area contributed by atoms with Gasteiger partial charge in [0.25, 0.3) is 11.6 Å². The van der Waals surface area contributed by atoms with Crippen molar-refractivity contribution in [3.05, 3.63) is 39.4 Å². The van der Waals surface area contributed by atoms with Crippen LogP contribution < -0.4 is 10.6 Å². The SMILES string of the molecule is COCC1(CNC(=O)c2ccc([N+](=O)[O-])c(C)c2)CCCN1.Cl. The zero-order valence-corrected chi connectivity index (χ0v) is 14.1. The van der Waals surface area contributed by atoms with Crippen molar-refractivity contribution in [2.45, 2.75) is 25.3 Å². The van der Waals surface area contributed by atoms with E-state index in [9.17, 15) is 14.9 Å². The number of nitro groups is 1.